The Morgan fingerprint density at radius 2 is 2.31 bits per heavy atom. The molecule has 13 heavy (non-hydrogen) atoms. The van der Waals surface area contributed by atoms with E-state index in [0.29, 0.717) is 6.42 Å². The molecule has 0 N–H and O–H groups in total. The summed E-state index contributed by atoms with van der Waals surface area (Å²) in [7, 11) is 0. The summed E-state index contributed by atoms with van der Waals surface area (Å²) in [6.45, 7) is 1.99. The quantitative estimate of drug-likeness (QED) is 0.658. The van der Waals surface area contributed by atoms with Crippen LogP contribution in [0.4, 0.5) is 0 Å². The van der Waals surface area contributed by atoms with Crippen LogP contribution < -0.4 is 0 Å². The van der Waals surface area contributed by atoms with E-state index in [1.54, 1.807) is 12.3 Å². The molecule has 0 bridgehead atoms. The summed E-state index contributed by atoms with van der Waals surface area (Å²) in [6.07, 6.45) is 4.93. The molecular weight excluding hydrogens is 164 g/mol. The fourth-order valence-corrected chi connectivity index (χ4v) is 1.82. The zero-order valence-corrected chi connectivity index (χ0v) is 7.62. The third-order valence-electron chi connectivity index (χ3n) is 2.37. The largest absolute Gasteiger partial charge is 0.469 e. The molecule has 0 fully saturated rings. The van der Waals surface area contributed by atoms with Crippen molar-refractivity contribution >= 4 is 5.78 Å². The first-order chi connectivity index (χ1) is 6.25. The van der Waals surface area contributed by atoms with Crippen LogP contribution in [-0.4, -0.2) is 5.78 Å². The van der Waals surface area contributed by atoms with Gasteiger partial charge in [-0.05, 0) is 31.6 Å². The van der Waals surface area contributed by atoms with E-state index in [2.05, 4.69) is 0 Å². The Hall–Kier alpha value is -1.31. The molecule has 1 heterocycles. The van der Waals surface area contributed by atoms with Crippen LogP contribution in [-0.2, 0) is 4.79 Å². The lowest BCUT2D eigenvalue weighted by atomic mass is 9.87. The summed E-state index contributed by atoms with van der Waals surface area (Å²) in [6, 6.07) is 3.81. The van der Waals surface area contributed by atoms with Gasteiger partial charge in [0.2, 0.25) is 0 Å². The molecule has 0 unspecified atom stereocenters. The molecule has 0 saturated carbocycles. The van der Waals surface area contributed by atoms with E-state index in [9.17, 15) is 4.79 Å². The van der Waals surface area contributed by atoms with Crippen LogP contribution in [0.3, 0.4) is 0 Å². The molecular formula is C11H12O2. The number of hydrogen-bond donors (Lipinski definition) is 0. The van der Waals surface area contributed by atoms with Crippen molar-refractivity contribution in [1.82, 2.24) is 0 Å². The zero-order chi connectivity index (χ0) is 9.26. The predicted molar refractivity (Wildman–Crippen MR) is 49.4 cm³/mol. The second kappa shape index (κ2) is 3.21. The molecule has 0 spiro atoms. The van der Waals surface area contributed by atoms with Gasteiger partial charge in [-0.25, -0.2) is 0 Å². The van der Waals surface area contributed by atoms with Gasteiger partial charge in [0, 0.05) is 12.3 Å². The molecule has 0 amide bonds. The minimum atomic E-state index is 0.213. The Morgan fingerprint density at radius 3 is 2.92 bits per heavy atom. The summed E-state index contributed by atoms with van der Waals surface area (Å²) in [5, 5.41) is 0. The van der Waals surface area contributed by atoms with Crippen LogP contribution in [0.2, 0.25) is 0 Å². The molecule has 1 aromatic rings. The Bertz CT molecular complexity index is 333. The third kappa shape index (κ3) is 1.72. The van der Waals surface area contributed by atoms with E-state index in [1.807, 2.05) is 19.1 Å². The van der Waals surface area contributed by atoms with Gasteiger partial charge in [0.05, 0.1) is 6.26 Å². The standard InChI is InChI=1S/C11H12O2/c1-8-5-9(7-10(12)6-8)11-3-2-4-13-11/h2-4,6,9H,5,7H2,1H3/t9-/m0/s1. The van der Waals surface area contributed by atoms with Gasteiger partial charge in [0.1, 0.15) is 5.76 Å². The Balaban J connectivity index is 2.20. The van der Waals surface area contributed by atoms with Crippen molar-refractivity contribution in [3.8, 4) is 0 Å². The maximum atomic E-state index is 11.3. The molecule has 1 atom stereocenters. The van der Waals surface area contributed by atoms with Crippen molar-refractivity contribution in [3.05, 3.63) is 35.8 Å². The van der Waals surface area contributed by atoms with Crippen LogP contribution in [0, 0.1) is 0 Å². The minimum Gasteiger partial charge on any atom is -0.469 e. The average molecular weight is 176 g/mol. The van der Waals surface area contributed by atoms with E-state index < -0.39 is 0 Å². The van der Waals surface area contributed by atoms with E-state index in [-0.39, 0.29) is 11.7 Å². The molecule has 68 valence electrons. The number of rotatable bonds is 1. The molecule has 0 saturated heterocycles. The maximum Gasteiger partial charge on any atom is 0.156 e. The fourth-order valence-electron chi connectivity index (χ4n) is 1.82. The van der Waals surface area contributed by atoms with Crippen LogP contribution in [0.5, 0.6) is 0 Å². The van der Waals surface area contributed by atoms with Crippen molar-refractivity contribution in [2.45, 2.75) is 25.7 Å². The van der Waals surface area contributed by atoms with Crippen LogP contribution >= 0.6 is 0 Å². The van der Waals surface area contributed by atoms with Gasteiger partial charge >= 0.3 is 0 Å². The lowest BCUT2D eigenvalue weighted by molar-refractivity contribution is -0.115. The zero-order valence-electron chi connectivity index (χ0n) is 7.62. The van der Waals surface area contributed by atoms with E-state index in [1.165, 1.54) is 0 Å². The summed E-state index contributed by atoms with van der Waals surface area (Å²) < 4.78 is 5.29. The van der Waals surface area contributed by atoms with Gasteiger partial charge in [-0.2, -0.15) is 0 Å². The normalized spacial score (nSPS) is 23.0. The molecule has 0 radical (unpaired) electrons. The number of carbonyl (C=O) groups is 1. The van der Waals surface area contributed by atoms with E-state index in [4.69, 9.17) is 4.42 Å². The maximum absolute atomic E-state index is 11.3. The summed E-state index contributed by atoms with van der Waals surface area (Å²) >= 11 is 0. The number of allylic oxidation sites excluding steroid dienone is 2. The number of furan rings is 1. The monoisotopic (exact) mass is 176 g/mol. The van der Waals surface area contributed by atoms with Crippen molar-refractivity contribution in [1.29, 1.82) is 0 Å². The molecule has 1 aliphatic carbocycles. The van der Waals surface area contributed by atoms with E-state index >= 15 is 0 Å². The Morgan fingerprint density at radius 1 is 1.46 bits per heavy atom. The minimum absolute atomic E-state index is 0.213. The summed E-state index contributed by atoms with van der Waals surface area (Å²) in [5.41, 5.74) is 1.15. The highest BCUT2D eigenvalue weighted by molar-refractivity contribution is 5.91. The summed E-state index contributed by atoms with van der Waals surface area (Å²) in [5.74, 6) is 1.40. The molecule has 0 aromatic carbocycles. The fraction of sp³-hybridized carbons (Fsp3) is 0.364. The van der Waals surface area contributed by atoms with Crippen molar-refractivity contribution in [3.63, 3.8) is 0 Å². The first-order valence-electron chi connectivity index (χ1n) is 4.49. The predicted octanol–water partition coefficient (Wildman–Crippen LogP) is 2.67. The highest BCUT2D eigenvalue weighted by Gasteiger charge is 2.21. The van der Waals surface area contributed by atoms with Gasteiger partial charge in [-0.3, -0.25) is 4.79 Å². The second-order valence-electron chi connectivity index (χ2n) is 3.58. The van der Waals surface area contributed by atoms with Gasteiger partial charge in [0.15, 0.2) is 5.78 Å². The first kappa shape index (κ1) is 8.30. The van der Waals surface area contributed by atoms with Crippen LogP contribution in [0.15, 0.2) is 34.5 Å². The van der Waals surface area contributed by atoms with Crippen molar-refractivity contribution in [2.24, 2.45) is 0 Å². The molecule has 1 aliphatic rings. The van der Waals surface area contributed by atoms with Crippen LogP contribution in [0.25, 0.3) is 0 Å². The number of ketones is 1. The third-order valence-corrected chi connectivity index (χ3v) is 2.37. The molecule has 2 nitrogen and oxygen atoms in total. The molecule has 0 aliphatic heterocycles. The first-order valence-corrected chi connectivity index (χ1v) is 4.49. The lowest BCUT2D eigenvalue weighted by Gasteiger charge is -2.17. The Kier molecular flexibility index (Phi) is 2.05. The average Bonchev–Trinajstić information content (AvgIpc) is 2.53. The highest BCUT2D eigenvalue weighted by atomic mass is 16.3. The molecule has 2 heteroatoms. The van der Waals surface area contributed by atoms with E-state index in [0.717, 1.165) is 17.8 Å². The lowest BCUT2D eigenvalue weighted by Crippen LogP contribution is -2.10. The van der Waals surface area contributed by atoms with Gasteiger partial charge < -0.3 is 4.42 Å². The SMILES string of the molecule is CC1=CC(=O)C[C@@H](c2ccco2)C1. The molecule has 1 aromatic heterocycles. The van der Waals surface area contributed by atoms with Crippen LogP contribution in [0.1, 0.15) is 31.4 Å². The smallest absolute Gasteiger partial charge is 0.156 e. The van der Waals surface area contributed by atoms with Gasteiger partial charge in [0.25, 0.3) is 0 Å². The highest BCUT2D eigenvalue weighted by Crippen LogP contribution is 2.31. The van der Waals surface area contributed by atoms with Crippen molar-refractivity contribution in [2.75, 3.05) is 0 Å². The number of hydrogen-bond acceptors (Lipinski definition) is 2. The second-order valence-corrected chi connectivity index (χ2v) is 3.58. The van der Waals surface area contributed by atoms with Gasteiger partial charge in [-0.1, -0.05) is 5.57 Å². The summed E-state index contributed by atoms with van der Waals surface area (Å²) in [4.78, 5) is 11.3. The Labute approximate surface area is 77.2 Å². The van der Waals surface area contributed by atoms with Gasteiger partial charge in [-0.15, -0.1) is 0 Å². The topological polar surface area (TPSA) is 30.2 Å². The number of carbonyl (C=O) groups excluding carboxylic acids is 1. The van der Waals surface area contributed by atoms with Crippen molar-refractivity contribution < 1.29 is 9.21 Å². The molecule has 2 rings (SSSR count).